The van der Waals surface area contributed by atoms with Crippen molar-refractivity contribution in [1.82, 2.24) is 4.98 Å². The monoisotopic (exact) mass is 198 g/mol. The van der Waals surface area contributed by atoms with Crippen LogP contribution in [0.4, 0.5) is 10.2 Å². The fraction of sp³-hybridized carbons (Fsp3) is 0.500. The van der Waals surface area contributed by atoms with Crippen molar-refractivity contribution in [3.8, 4) is 0 Å². The van der Waals surface area contributed by atoms with Gasteiger partial charge in [-0.25, -0.2) is 9.37 Å². The third-order valence-electron chi connectivity index (χ3n) is 1.60. The number of aromatic nitrogens is 1. The van der Waals surface area contributed by atoms with Crippen LogP contribution >= 0.6 is 0 Å². The Bertz CT molecular complexity index is 279. The Kier molecular flexibility index (Phi) is 4.32. The summed E-state index contributed by atoms with van der Waals surface area (Å²) in [6, 6.07) is 2.93. The molecule has 3 nitrogen and oxygen atoms in total. The first-order valence-electron chi connectivity index (χ1n) is 4.66. The third-order valence-corrected chi connectivity index (χ3v) is 1.60. The highest BCUT2D eigenvalue weighted by molar-refractivity contribution is 5.35. The number of nitrogens with zero attached hydrogens (tertiary/aromatic N) is 1. The quantitative estimate of drug-likeness (QED) is 0.735. The minimum absolute atomic E-state index is 0.199. The topological polar surface area (TPSA) is 34.1 Å². The Hall–Kier alpha value is -1.16. The molecule has 0 unspecified atom stereocenters. The zero-order chi connectivity index (χ0) is 10.4. The Morgan fingerprint density at radius 3 is 3.00 bits per heavy atom. The van der Waals surface area contributed by atoms with Crippen LogP contribution in [0.15, 0.2) is 18.3 Å². The van der Waals surface area contributed by atoms with Gasteiger partial charge in [-0.1, -0.05) is 0 Å². The summed E-state index contributed by atoms with van der Waals surface area (Å²) >= 11 is 0. The molecule has 4 heteroatoms. The summed E-state index contributed by atoms with van der Waals surface area (Å²) in [5, 5.41) is 2.86. The maximum Gasteiger partial charge on any atom is 0.165 e. The standard InChI is InChI=1S/C10H15FN2O/c1-8(2)14-7-6-13-10-9(11)4-3-5-12-10/h3-5,8H,6-7H2,1-2H3,(H,12,13). The summed E-state index contributed by atoms with van der Waals surface area (Å²) in [5.74, 6) is -0.0584. The normalized spacial score (nSPS) is 10.6. The molecule has 1 N–H and O–H groups in total. The second-order valence-corrected chi connectivity index (χ2v) is 3.18. The number of anilines is 1. The van der Waals surface area contributed by atoms with E-state index in [2.05, 4.69) is 10.3 Å². The first-order valence-corrected chi connectivity index (χ1v) is 4.66. The van der Waals surface area contributed by atoms with E-state index in [1.807, 2.05) is 13.8 Å². The van der Waals surface area contributed by atoms with Gasteiger partial charge in [0.1, 0.15) is 0 Å². The molecule has 1 aromatic heterocycles. The zero-order valence-electron chi connectivity index (χ0n) is 8.46. The molecule has 14 heavy (non-hydrogen) atoms. The highest BCUT2D eigenvalue weighted by Crippen LogP contribution is 2.07. The van der Waals surface area contributed by atoms with Crippen molar-refractivity contribution < 1.29 is 9.13 Å². The van der Waals surface area contributed by atoms with E-state index in [0.29, 0.717) is 13.2 Å². The van der Waals surface area contributed by atoms with Crippen molar-refractivity contribution >= 4 is 5.82 Å². The van der Waals surface area contributed by atoms with Gasteiger partial charge in [0.05, 0.1) is 12.7 Å². The van der Waals surface area contributed by atoms with Gasteiger partial charge in [0, 0.05) is 12.7 Å². The lowest BCUT2D eigenvalue weighted by Gasteiger charge is -2.09. The largest absolute Gasteiger partial charge is 0.377 e. The highest BCUT2D eigenvalue weighted by Gasteiger charge is 2.00. The van der Waals surface area contributed by atoms with Crippen molar-refractivity contribution in [1.29, 1.82) is 0 Å². The van der Waals surface area contributed by atoms with Crippen molar-refractivity contribution in [2.45, 2.75) is 20.0 Å². The van der Waals surface area contributed by atoms with E-state index in [-0.39, 0.29) is 17.7 Å². The molecule has 0 bridgehead atoms. The van der Waals surface area contributed by atoms with E-state index in [4.69, 9.17) is 4.74 Å². The van der Waals surface area contributed by atoms with Gasteiger partial charge >= 0.3 is 0 Å². The molecule has 0 aliphatic heterocycles. The molecule has 0 spiro atoms. The van der Waals surface area contributed by atoms with Crippen LogP contribution in [-0.4, -0.2) is 24.2 Å². The molecule has 0 fully saturated rings. The van der Waals surface area contributed by atoms with E-state index in [9.17, 15) is 4.39 Å². The molecule has 0 saturated carbocycles. The van der Waals surface area contributed by atoms with Crippen LogP contribution in [0.5, 0.6) is 0 Å². The average molecular weight is 198 g/mol. The summed E-state index contributed by atoms with van der Waals surface area (Å²) in [6.45, 7) is 5.03. The third kappa shape index (κ3) is 3.70. The van der Waals surface area contributed by atoms with Gasteiger partial charge in [0.2, 0.25) is 0 Å². The summed E-state index contributed by atoms with van der Waals surface area (Å²) in [4.78, 5) is 3.85. The van der Waals surface area contributed by atoms with Crippen LogP contribution < -0.4 is 5.32 Å². The lowest BCUT2D eigenvalue weighted by Crippen LogP contribution is -2.14. The van der Waals surface area contributed by atoms with Gasteiger partial charge in [0.15, 0.2) is 11.6 Å². The van der Waals surface area contributed by atoms with Crippen LogP contribution in [0, 0.1) is 5.82 Å². The zero-order valence-corrected chi connectivity index (χ0v) is 8.46. The van der Waals surface area contributed by atoms with Crippen LogP contribution in [-0.2, 0) is 4.74 Å². The summed E-state index contributed by atoms with van der Waals surface area (Å²) < 4.78 is 18.3. The van der Waals surface area contributed by atoms with Crippen molar-refractivity contribution in [3.05, 3.63) is 24.1 Å². The fourth-order valence-corrected chi connectivity index (χ4v) is 0.980. The average Bonchev–Trinajstić information content (AvgIpc) is 2.15. The minimum Gasteiger partial charge on any atom is -0.377 e. The van der Waals surface area contributed by atoms with Gasteiger partial charge in [-0.05, 0) is 26.0 Å². The van der Waals surface area contributed by atoms with Crippen LogP contribution in [0.3, 0.4) is 0 Å². The van der Waals surface area contributed by atoms with Crippen LogP contribution in [0.25, 0.3) is 0 Å². The number of ether oxygens (including phenoxy) is 1. The van der Waals surface area contributed by atoms with E-state index in [1.54, 1.807) is 12.3 Å². The molecular formula is C10H15FN2O. The Balaban J connectivity index is 2.28. The number of rotatable bonds is 5. The molecule has 0 amide bonds. The molecule has 0 saturated heterocycles. The molecule has 0 aliphatic rings. The van der Waals surface area contributed by atoms with Gasteiger partial charge in [-0.3, -0.25) is 0 Å². The lowest BCUT2D eigenvalue weighted by atomic mass is 10.4. The number of nitrogens with one attached hydrogen (secondary N) is 1. The SMILES string of the molecule is CC(C)OCCNc1ncccc1F. The van der Waals surface area contributed by atoms with Gasteiger partial charge < -0.3 is 10.1 Å². The maximum atomic E-state index is 13.0. The van der Waals surface area contributed by atoms with Gasteiger partial charge in [-0.15, -0.1) is 0 Å². The molecule has 0 aromatic carbocycles. The second kappa shape index (κ2) is 5.54. The fourth-order valence-electron chi connectivity index (χ4n) is 0.980. The first-order chi connectivity index (χ1) is 6.70. The molecule has 0 atom stereocenters. The maximum absolute atomic E-state index is 13.0. The van der Waals surface area contributed by atoms with Crippen LogP contribution in [0.2, 0.25) is 0 Å². The van der Waals surface area contributed by atoms with E-state index < -0.39 is 0 Å². The molecule has 0 aliphatic carbocycles. The van der Waals surface area contributed by atoms with Crippen molar-refractivity contribution in [2.75, 3.05) is 18.5 Å². The summed E-state index contributed by atoms with van der Waals surface area (Å²) in [7, 11) is 0. The summed E-state index contributed by atoms with van der Waals surface area (Å²) in [5.41, 5.74) is 0. The predicted octanol–water partition coefficient (Wildman–Crippen LogP) is 2.06. The Labute approximate surface area is 83.3 Å². The number of halogens is 1. The second-order valence-electron chi connectivity index (χ2n) is 3.18. The molecular weight excluding hydrogens is 183 g/mol. The molecule has 1 aromatic rings. The van der Waals surface area contributed by atoms with E-state index >= 15 is 0 Å². The number of hydrogen-bond acceptors (Lipinski definition) is 3. The highest BCUT2D eigenvalue weighted by atomic mass is 19.1. The van der Waals surface area contributed by atoms with Crippen LogP contribution in [0.1, 0.15) is 13.8 Å². The molecule has 1 heterocycles. The van der Waals surface area contributed by atoms with E-state index in [0.717, 1.165) is 0 Å². The molecule has 78 valence electrons. The molecule has 1 rings (SSSR count). The minimum atomic E-state index is -0.336. The first kappa shape index (κ1) is 10.9. The number of pyridine rings is 1. The van der Waals surface area contributed by atoms with Gasteiger partial charge in [-0.2, -0.15) is 0 Å². The van der Waals surface area contributed by atoms with E-state index in [1.165, 1.54) is 6.07 Å². The number of hydrogen-bond donors (Lipinski definition) is 1. The summed E-state index contributed by atoms with van der Waals surface area (Å²) in [6.07, 6.45) is 1.75. The Morgan fingerprint density at radius 2 is 2.36 bits per heavy atom. The lowest BCUT2D eigenvalue weighted by molar-refractivity contribution is 0.0870. The Morgan fingerprint density at radius 1 is 1.57 bits per heavy atom. The smallest absolute Gasteiger partial charge is 0.165 e. The molecule has 0 radical (unpaired) electrons. The predicted molar refractivity (Wildman–Crippen MR) is 53.8 cm³/mol. The van der Waals surface area contributed by atoms with Crippen molar-refractivity contribution in [3.63, 3.8) is 0 Å². The van der Waals surface area contributed by atoms with Crippen molar-refractivity contribution in [2.24, 2.45) is 0 Å². The van der Waals surface area contributed by atoms with Gasteiger partial charge in [0.25, 0.3) is 0 Å².